The van der Waals surface area contributed by atoms with E-state index in [4.69, 9.17) is 0 Å². The van der Waals surface area contributed by atoms with Crippen LogP contribution in [0.25, 0.3) is 0 Å². The summed E-state index contributed by atoms with van der Waals surface area (Å²) in [5, 5.41) is 9.29. The van der Waals surface area contributed by atoms with Crippen LogP contribution < -0.4 is 4.52 Å². The average Bonchev–Trinajstić information content (AvgIpc) is 2.18. The largest absolute Gasteiger partial charge is 0.527 e. The van der Waals surface area contributed by atoms with Gasteiger partial charge in [0, 0.05) is 0 Å². The van der Waals surface area contributed by atoms with Crippen molar-refractivity contribution in [1.29, 1.82) is 0 Å². The summed E-state index contributed by atoms with van der Waals surface area (Å²) in [6.45, 7) is 1.93. The molecule has 84 valence electrons. The van der Waals surface area contributed by atoms with Gasteiger partial charge in [0.2, 0.25) is 0 Å². The maximum Gasteiger partial charge on any atom is 0.527 e. The molecular formula is C9H13O5P. The molecule has 0 saturated heterocycles. The predicted molar refractivity (Wildman–Crippen MR) is 54.8 cm³/mol. The van der Waals surface area contributed by atoms with Crippen molar-refractivity contribution < 1.29 is 23.6 Å². The summed E-state index contributed by atoms with van der Waals surface area (Å²) in [4.78, 5) is 9.22. The van der Waals surface area contributed by atoms with Crippen LogP contribution in [0.15, 0.2) is 24.3 Å². The third-order valence-corrected chi connectivity index (χ3v) is 2.47. The Morgan fingerprint density at radius 1 is 1.40 bits per heavy atom. The smallest absolute Gasteiger partial charge is 0.504 e. The molecule has 2 N–H and O–H groups in total. The predicted octanol–water partition coefficient (Wildman–Crippen LogP) is 2.30. The molecule has 5 nitrogen and oxygen atoms in total. The third-order valence-electron chi connectivity index (χ3n) is 1.54. The first-order chi connectivity index (χ1) is 7.05. The van der Waals surface area contributed by atoms with E-state index >= 15 is 0 Å². The second kappa shape index (κ2) is 5.16. The summed E-state index contributed by atoms with van der Waals surface area (Å²) >= 11 is 0. The van der Waals surface area contributed by atoms with Crippen LogP contribution in [0.1, 0.15) is 13.3 Å². The van der Waals surface area contributed by atoms with Crippen LogP contribution in [-0.2, 0) is 9.09 Å². The summed E-state index contributed by atoms with van der Waals surface area (Å²) < 4.78 is 20.6. The maximum atomic E-state index is 11.3. The van der Waals surface area contributed by atoms with E-state index in [0.717, 1.165) is 0 Å². The first-order valence-electron chi connectivity index (χ1n) is 4.50. The van der Waals surface area contributed by atoms with E-state index in [9.17, 15) is 14.6 Å². The van der Waals surface area contributed by atoms with Gasteiger partial charge in [0.25, 0.3) is 0 Å². The van der Waals surface area contributed by atoms with E-state index in [0.29, 0.717) is 6.42 Å². The summed E-state index contributed by atoms with van der Waals surface area (Å²) in [6.07, 6.45) is 0.606. The quantitative estimate of drug-likeness (QED) is 0.761. The standard InChI is InChI=1S/C9H13O5P/c1-2-7-13-15(11,12)14-9-6-4-3-5-8(9)10/h3-6,10H,2,7H2,1H3,(H,11,12). The minimum Gasteiger partial charge on any atom is -0.504 e. The Labute approximate surface area is 87.9 Å². The number of phenolic OH excluding ortho intramolecular Hbond substituents is 1. The molecule has 6 heteroatoms. The van der Waals surface area contributed by atoms with Gasteiger partial charge < -0.3 is 9.63 Å². The van der Waals surface area contributed by atoms with Gasteiger partial charge in [-0.25, -0.2) is 4.57 Å². The summed E-state index contributed by atoms with van der Waals surface area (Å²) in [6, 6.07) is 5.90. The van der Waals surface area contributed by atoms with Crippen molar-refractivity contribution in [2.24, 2.45) is 0 Å². The Morgan fingerprint density at radius 2 is 2.07 bits per heavy atom. The fraction of sp³-hybridized carbons (Fsp3) is 0.333. The van der Waals surface area contributed by atoms with Gasteiger partial charge >= 0.3 is 7.82 Å². The number of benzene rings is 1. The molecule has 0 amide bonds. The van der Waals surface area contributed by atoms with Crippen LogP contribution in [0.4, 0.5) is 0 Å². The molecule has 0 fully saturated rings. The molecule has 0 aliphatic heterocycles. The first-order valence-corrected chi connectivity index (χ1v) is 5.99. The fourth-order valence-electron chi connectivity index (χ4n) is 0.892. The van der Waals surface area contributed by atoms with E-state index in [1.807, 2.05) is 0 Å². The first kappa shape index (κ1) is 12.0. The molecule has 0 aromatic heterocycles. The highest BCUT2D eigenvalue weighted by Crippen LogP contribution is 2.46. The molecule has 0 bridgehead atoms. The van der Waals surface area contributed by atoms with Crippen molar-refractivity contribution in [2.45, 2.75) is 13.3 Å². The molecule has 1 aromatic rings. The topological polar surface area (TPSA) is 76.0 Å². The summed E-state index contributed by atoms with van der Waals surface area (Å²) in [5.74, 6) is -0.272. The zero-order valence-electron chi connectivity index (χ0n) is 8.29. The SMILES string of the molecule is CCCOP(=O)(O)Oc1ccccc1O. The second-order valence-electron chi connectivity index (χ2n) is 2.86. The number of rotatable bonds is 5. The summed E-state index contributed by atoms with van der Waals surface area (Å²) in [5.41, 5.74) is 0. The molecule has 1 rings (SSSR count). The minimum absolute atomic E-state index is 0.0700. The number of hydrogen-bond acceptors (Lipinski definition) is 4. The van der Waals surface area contributed by atoms with Crippen molar-refractivity contribution in [3.05, 3.63) is 24.3 Å². The van der Waals surface area contributed by atoms with Crippen LogP contribution in [-0.4, -0.2) is 16.6 Å². The minimum atomic E-state index is -4.12. The lowest BCUT2D eigenvalue weighted by Crippen LogP contribution is -1.98. The molecule has 0 spiro atoms. The molecule has 0 aliphatic carbocycles. The average molecular weight is 232 g/mol. The van der Waals surface area contributed by atoms with E-state index < -0.39 is 7.82 Å². The molecule has 1 unspecified atom stereocenters. The highest BCUT2D eigenvalue weighted by Gasteiger charge is 2.23. The van der Waals surface area contributed by atoms with Crippen molar-refractivity contribution in [1.82, 2.24) is 0 Å². The Kier molecular flexibility index (Phi) is 4.15. The number of phosphoric ester groups is 1. The van der Waals surface area contributed by atoms with Crippen LogP contribution >= 0.6 is 7.82 Å². The van der Waals surface area contributed by atoms with Gasteiger partial charge in [-0.05, 0) is 18.6 Å². The number of para-hydroxylation sites is 2. The number of hydrogen-bond donors (Lipinski definition) is 2. The van der Waals surface area contributed by atoms with E-state index in [2.05, 4.69) is 9.05 Å². The zero-order chi connectivity index (χ0) is 11.3. The van der Waals surface area contributed by atoms with E-state index in [1.165, 1.54) is 12.1 Å². The van der Waals surface area contributed by atoms with E-state index in [-0.39, 0.29) is 18.1 Å². The Bertz CT molecular complexity index is 365. The lowest BCUT2D eigenvalue weighted by Gasteiger charge is -2.12. The molecular weight excluding hydrogens is 219 g/mol. The van der Waals surface area contributed by atoms with Gasteiger partial charge in [0.05, 0.1) is 6.61 Å². The highest BCUT2D eigenvalue weighted by molar-refractivity contribution is 7.47. The lowest BCUT2D eigenvalue weighted by molar-refractivity contribution is 0.201. The number of phenols is 1. The van der Waals surface area contributed by atoms with Gasteiger partial charge in [-0.1, -0.05) is 19.1 Å². The van der Waals surface area contributed by atoms with Crippen molar-refractivity contribution in [2.75, 3.05) is 6.61 Å². The van der Waals surface area contributed by atoms with Gasteiger partial charge in [0.15, 0.2) is 11.5 Å². The van der Waals surface area contributed by atoms with Crippen molar-refractivity contribution in [3.63, 3.8) is 0 Å². The van der Waals surface area contributed by atoms with Crippen LogP contribution in [0.3, 0.4) is 0 Å². The van der Waals surface area contributed by atoms with Crippen LogP contribution in [0, 0.1) is 0 Å². The molecule has 0 saturated carbocycles. The monoisotopic (exact) mass is 232 g/mol. The molecule has 1 atom stereocenters. The van der Waals surface area contributed by atoms with Crippen LogP contribution in [0.5, 0.6) is 11.5 Å². The van der Waals surface area contributed by atoms with Gasteiger partial charge in [-0.2, -0.15) is 0 Å². The van der Waals surface area contributed by atoms with Gasteiger partial charge in [-0.15, -0.1) is 0 Å². The Morgan fingerprint density at radius 3 is 2.67 bits per heavy atom. The number of aromatic hydroxyl groups is 1. The second-order valence-corrected chi connectivity index (χ2v) is 4.24. The van der Waals surface area contributed by atoms with Gasteiger partial charge in [-0.3, -0.25) is 9.42 Å². The van der Waals surface area contributed by atoms with Crippen LogP contribution in [0.2, 0.25) is 0 Å². The zero-order valence-corrected chi connectivity index (χ0v) is 9.18. The van der Waals surface area contributed by atoms with Crippen molar-refractivity contribution >= 4 is 7.82 Å². The van der Waals surface area contributed by atoms with Gasteiger partial charge in [0.1, 0.15) is 0 Å². The lowest BCUT2D eigenvalue weighted by atomic mass is 10.3. The molecule has 0 aliphatic rings. The van der Waals surface area contributed by atoms with E-state index in [1.54, 1.807) is 19.1 Å². The maximum absolute atomic E-state index is 11.3. The third kappa shape index (κ3) is 3.91. The Hall–Kier alpha value is -1.03. The highest BCUT2D eigenvalue weighted by atomic mass is 31.2. The Balaban J connectivity index is 2.69. The molecule has 15 heavy (non-hydrogen) atoms. The number of phosphoric acid groups is 1. The molecule has 1 aromatic carbocycles. The molecule has 0 heterocycles. The van der Waals surface area contributed by atoms with Crippen molar-refractivity contribution in [3.8, 4) is 11.5 Å². The normalized spacial score (nSPS) is 14.5. The summed E-state index contributed by atoms with van der Waals surface area (Å²) in [7, 11) is -4.12. The molecule has 0 radical (unpaired) electrons. The fourth-order valence-corrected chi connectivity index (χ4v) is 1.76.